The van der Waals surface area contributed by atoms with Gasteiger partial charge < -0.3 is 24.8 Å². The van der Waals surface area contributed by atoms with Crippen molar-refractivity contribution in [3.8, 4) is 0 Å². The summed E-state index contributed by atoms with van der Waals surface area (Å²) < 4.78 is 0. The molecule has 8 aromatic rings. The van der Waals surface area contributed by atoms with Gasteiger partial charge in [0.15, 0.2) is 0 Å². The Kier molecular flexibility index (Phi) is 26.1. The van der Waals surface area contributed by atoms with Crippen LogP contribution in [0.5, 0.6) is 0 Å². The van der Waals surface area contributed by atoms with Crippen molar-refractivity contribution in [3.05, 3.63) is 158 Å². The summed E-state index contributed by atoms with van der Waals surface area (Å²) in [6.45, 7) is 19.0. The largest absolute Gasteiger partial charge is 2.00 e. The smallest absolute Gasteiger partial charge is 1.00 e. The van der Waals surface area contributed by atoms with Gasteiger partial charge in [-0.05, 0) is 48.3 Å². The van der Waals surface area contributed by atoms with Crippen molar-refractivity contribution in [1.82, 2.24) is 0 Å². The van der Waals surface area contributed by atoms with Gasteiger partial charge in [0.2, 0.25) is 0 Å². The van der Waals surface area contributed by atoms with E-state index in [9.17, 15) is 0 Å². The number of fused-ring (bicyclic) bond motifs is 4. The fraction of sp³-hybridized carbons (Fsp3) is 0.308. The zero-order chi connectivity index (χ0) is 38.5. The van der Waals surface area contributed by atoms with Crippen LogP contribution in [-0.2, 0) is 43.4 Å². The quantitative estimate of drug-likeness (QED) is 0.0729. The van der Waals surface area contributed by atoms with Crippen LogP contribution in [0.15, 0.2) is 158 Å². The maximum Gasteiger partial charge on any atom is 2.00 e. The molecule has 0 fully saturated rings. The molecule has 4 atom stereocenters. The summed E-state index contributed by atoms with van der Waals surface area (Å²) >= 11 is 0. The van der Waals surface area contributed by atoms with Gasteiger partial charge in [-0.25, -0.2) is 0 Å². The third-order valence-corrected chi connectivity index (χ3v) is 18.1. The van der Waals surface area contributed by atoms with Crippen LogP contribution in [0.1, 0.15) is 81.1 Å². The van der Waals surface area contributed by atoms with E-state index in [0.717, 1.165) is 22.6 Å². The van der Waals surface area contributed by atoms with Gasteiger partial charge in [0.1, 0.15) is 0 Å². The SMILES string of the molecule is CCC(C)P(c1cc2ccccc2[cH-]1)C(C)CC.CCC(C)P(c1cc2ccccc2[cH-]1)C(C)CC.[Cl-].[Cl-].[Ti+2].[Ti+2].c1ccc2[cH-]ccc2c1.c1ccc2[cH-]ccc2c1. The average Bonchev–Trinajstić information content (AvgIpc) is 4.04. The minimum absolute atomic E-state index is 0. The van der Waals surface area contributed by atoms with Gasteiger partial charge in [-0.15, -0.1) is 140 Å². The molecule has 0 aliphatic heterocycles. The molecule has 0 aliphatic carbocycles. The molecule has 0 saturated heterocycles. The predicted octanol–water partition coefficient (Wildman–Crippen LogP) is 9.65. The Labute approximate surface area is 395 Å². The van der Waals surface area contributed by atoms with Crippen molar-refractivity contribution in [2.45, 2.75) is 104 Å². The molecule has 0 aliphatic rings. The summed E-state index contributed by atoms with van der Waals surface area (Å²) in [7, 11) is -0.0504. The van der Waals surface area contributed by atoms with Crippen LogP contribution in [0.25, 0.3) is 43.1 Å². The molecule has 0 heterocycles. The van der Waals surface area contributed by atoms with E-state index in [1.807, 2.05) is 0 Å². The van der Waals surface area contributed by atoms with Crippen LogP contribution in [0, 0.1) is 0 Å². The van der Waals surface area contributed by atoms with E-state index >= 15 is 0 Å². The van der Waals surface area contributed by atoms with Crippen LogP contribution < -0.4 is 35.4 Å². The van der Waals surface area contributed by atoms with E-state index in [-0.39, 0.29) is 84.1 Å². The van der Waals surface area contributed by atoms with Gasteiger partial charge in [0, 0.05) is 0 Å². The fourth-order valence-electron chi connectivity index (χ4n) is 7.38. The van der Waals surface area contributed by atoms with Gasteiger partial charge in [-0.3, -0.25) is 0 Å². The zero-order valence-corrected chi connectivity index (χ0v) is 42.2. The molecule has 0 nitrogen and oxygen atoms in total. The number of benzene rings is 4. The first kappa shape index (κ1) is 54.2. The first-order valence-corrected chi connectivity index (χ1v) is 23.3. The first-order valence-electron chi connectivity index (χ1n) is 20.4. The molecule has 6 heteroatoms. The molecule has 0 saturated carbocycles. The molecular formula is C52H62Cl2P2Ti2-2. The summed E-state index contributed by atoms with van der Waals surface area (Å²) in [6, 6.07) is 56.6. The second-order valence-corrected chi connectivity index (χ2v) is 21.0. The minimum atomic E-state index is -0.0252. The molecule has 58 heavy (non-hydrogen) atoms. The Bertz CT molecular complexity index is 1960. The predicted molar refractivity (Wildman–Crippen MR) is 250 cm³/mol. The van der Waals surface area contributed by atoms with Gasteiger partial charge >= 0.3 is 43.4 Å². The van der Waals surface area contributed by atoms with Crippen molar-refractivity contribution in [2.75, 3.05) is 0 Å². The van der Waals surface area contributed by atoms with E-state index in [0.29, 0.717) is 0 Å². The van der Waals surface area contributed by atoms with Crippen molar-refractivity contribution >= 4 is 69.5 Å². The maximum atomic E-state index is 2.43. The average molecular weight is 916 g/mol. The Morgan fingerprint density at radius 1 is 0.397 bits per heavy atom. The number of rotatable bonds is 10. The normalized spacial score (nSPS) is 13.5. The van der Waals surface area contributed by atoms with E-state index in [1.54, 1.807) is 10.6 Å². The Hall–Kier alpha value is -1.81. The summed E-state index contributed by atoms with van der Waals surface area (Å²) in [6.07, 6.45) is 5.16. The molecule has 0 N–H and O–H groups in total. The van der Waals surface area contributed by atoms with Gasteiger partial charge in [-0.2, -0.15) is 47.2 Å². The molecule has 0 bridgehead atoms. The third kappa shape index (κ3) is 14.7. The van der Waals surface area contributed by atoms with Gasteiger partial charge in [0.25, 0.3) is 0 Å². The standard InChI is InChI=1S/2C17H24P.2C9H7.2ClH.2Ti/c2*1-5-13(3)18(14(4)6-2)17-11-15-9-7-8-10-16(15)12-17;2*1-2-5-9-7-3-6-8(9)4-1;;;;/h2*7-14H,5-6H2,1-4H3;2*1-7H;2*1H;;/q4*-1;;;2*+2/p-2. The molecule has 0 amide bonds. The van der Waals surface area contributed by atoms with E-state index in [1.165, 1.54) is 68.8 Å². The Morgan fingerprint density at radius 2 is 0.672 bits per heavy atom. The molecule has 304 valence electrons. The van der Waals surface area contributed by atoms with Crippen LogP contribution in [0.4, 0.5) is 0 Å². The molecule has 0 radical (unpaired) electrons. The van der Waals surface area contributed by atoms with E-state index in [2.05, 4.69) is 213 Å². The van der Waals surface area contributed by atoms with Crippen molar-refractivity contribution in [1.29, 1.82) is 0 Å². The molecule has 0 spiro atoms. The minimum Gasteiger partial charge on any atom is -1.00 e. The maximum absolute atomic E-state index is 2.43. The number of hydrogen-bond acceptors (Lipinski definition) is 0. The third-order valence-electron chi connectivity index (χ3n) is 11.2. The molecule has 8 rings (SSSR count). The summed E-state index contributed by atoms with van der Waals surface area (Å²) in [4.78, 5) is 0. The van der Waals surface area contributed by atoms with Gasteiger partial charge in [0.05, 0.1) is 0 Å². The monoisotopic (exact) mass is 914 g/mol. The molecule has 0 aromatic heterocycles. The topological polar surface area (TPSA) is 0 Å². The molecule has 8 aromatic carbocycles. The van der Waals surface area contributed by atoms with Crippen LogP contribution in [0.2, 0.25) is 0 Å². The molecule has 4 unspecified atom stereocenters. The van der Waals surface area contributed by atoms with E-state index < -0.39 is 0 Å². The van der Waals surface area contributed by atoms with Crippen LogP contribution in [-0.4, -0.2) is 22.6 Å². The van der Waals surface area contributed by atoms with Crippen LogP contribution >= 0.6 is 15.8 Å². The number of halogens is 2. The van der Waals surface area contributed by atoms with Crippen molar-refractivity contribution in [2.24, 2.45) is 0 Å². The second kappa shape index (κ2) is 27.9. The fourth-order valence-corrected chi connectivity index (χ4v) is 13.9. The van der Waals surface area contributed by atoms with E-state index in [4.69, 9.17) is 0 Å². The Morgan fingerprint density at radius 3 is 0.948 bits per heavy atom. The van der Waals surface area contributed by atoms with Crippen molar-refractivity contribution < 1.29 is 68.2 Å². The summed E-state index contributed by atoms with van der Waals surface area (Å²) in [5.41, 5.74) is 3.30. The first-order chi connectivity index (χ1) is 26.3. The number of hydrogen-bond donors (Lipinski definition) is 0. The van der Waals surface area contributed by atoms with Crippen molar-refractivity contribution in [3.63, 3.8) is 0 Å². The van der Waals surface area contributed by atoms with Gasteiger partial charge in [-0.1, -0.05) is 95.5 Å². The summed E-state index contributed by atoms with van der Waals surface area (Å²) in [5.74, 6) is 0. The van der Waals surface area contributed by atoms with Crippen LogP contribution in [0.3, 0.4) is 0 Å². The second-order valence-electron chi connectivity index (χ2n) is 14.8. The molecular weight excluding hydrogens is 853 g/mol. The Balaban J connectivity index is 0.000000394. The zero-order valence-electron chi connectivity index (χ0n) is 35.8. The summed E-state index contributed by atoms with van der Waals surface area (Å²) in [5, 5.41) is 14.2.